The molecule has 1 aromatic carbocycles. The van der Waals surface area contributed by atoms with Crippen molar-refractivity contribution >= 4 is 39.4 Å². The summed E-state index contributed by atoms with van der Waals surface area (Å²) < 4.78 is 1.01. The molecule has 2 aliphatic carbocycles. The van der Waals surface area contributed by atoms with Crippen molar-refractivity contribution in [2.24, 2.45) is 0 Å². The van der Waals surface area contributed by atoms with E-state index in [-0.39, 0.29) is 12.1 Å². The SMILES string of the molecule is Cc1cc(Br)ccc1NC(=O)NC1CCC(Nc2nc3c(c(N(C)C)n2)CCCC3)CC1. The number of hydrogen-bond donors (Lipinski definition) is 3. The fourth-order valence-electron chi connectivity index (χ4n) is 4.68. The number of amides is 2. The summed E-state index contributed by atoms with van der Waals surface area (Å²) in [5, 5.41) is 9.67. The topological polar surface area (TPSA) is 82.2 Å². The quantitative estimate of drug-likeness (QED) is 0.535. The van der Waals surface area contributed by atoms with Crippen molar-refractivity contribution in [3.63, 3.8) is 0 Å². The Morgan fingerprint density at radius 2 is 1.78 bits per heavy atom. The molecular formula is C24H33BrN6O. The second kappa shape index (κ2) is 10.1. The van der Waals surface area contributed by atoms with E-state index >= 15 is 0 Å². The number of halogens is 1. The Morgan fingerprint density at radius 1 is 1.06 bits per heavy atom. The largest absolute Gasteiger partial charge is 0.362 e. The van der Waals surface area contributed by atoms with Crippen LogP contribution in [-0.2, 0) is 12.8 Å². The highest BCUT2D eigenvalue weighted by atomic mass is 79.9. The smallest absolute Gasteiger partial charge is 0.319 e. The number of aromatic nitrogens is 2. The van der Waals surface area contributed by atoms with Crippen molar-refractivity contribution in [2.45, 2.75) is 70.4 Å². The van der Waals surface area contributed by atoms with Crippen LogP contribution in [-0.4, -0.2) is 42.2 Å². The maximum absolute atomic E-state index is 12.5. The molecule has 0 atom stereocenters. The van der Waals surface area contributed by atoms with E-state index in [1.54, 1.807) is 0 Å². The molecule has 0 saturated heterocycles. The van der Waals surface area contributed by atoms with Crippen LogP contribution in [0.3, 0.4) is 0 Å². The third kappa shape index (κ3) is 5.52. The lowest BCUT2D eigenvalue weighted by Gasteiger charge is -2.30. The van der Waals surface area contributed by atoms with Crippen LogP contribution in [0.5, 0.6) is 0 Å². The van der Waals surface area contributed by atoms with E-state index in [1.807, 2.05) is 25.1 Å². The van der Waals surface area contributed by atoms with Crippen molar-refractivity contribution < 1.29 is 4.79 Å². The van der Waals surface area contributed by atoms with Gasteiger partial charge in [0.05, 0.1) is 5.69 Å². The van der Waals surface area contributed by atoms with E-state index in [0.717, 1.165) is 66.0 Å². The molecule has 4 rings (SSSR count). The Bertz CT molecular complexity index is 971. The third-order valence-corrected chi connectivity index (χ3v) is 6.91. The number of aryl methyl sites for hydroxylation is 2. The van der Waals surface area contributed by atoms with Gasteiger partial charge in [0.25, 0.3) is 0 Å². The average molecular weight is 501 g/mol. The fourth-order valence-corrected chi connectivity index (χ4v) is 5.16. The molecule has 7 nitrogen and oxygen atoms in total. The summed E-state index contributed by atoms with van der Waals surface area (Å²) in [5.41, 5.74) is 4.38. The lowest BCUT2D eigenvalue weighted by atomic mass is 9.91. The van der Waals surface area contributed by atoms with Crippen LogP contribution < -0.4 is 20.9 Å². The highest BCUT2D eigenvalue weighted by Crippen LogP contribution is 2.29. The Labute approximate surface area is 198 Å². The average Bonchev–Trinajstić information content (AvgIpc) is 2.76. The minimum Gasteiger partial charge on any atom is -0.362 e. The molecule has 0 spiro atoms. The number of hydrogen-bond acceptors (Lipinski definition) is 5. The zero-order valence-electron chi connectivity index (χ0n) is 19.2. The van der Waals surface area contributed by atoms with Gasteiger partial charge in [0.15, 0.2) is 0 Å². The second-order valence-electron chi connectivity index (χ2n) is 9.15. The Kier molecular flexibility index (Phi) is 7.18. The van der Waals surface area contributed by atoms with Gasteiger partial charge in [-0.25, -0.2) is 9.78 Å². The molecule has 3 N–H and O–H groups in total. The van der Waals surface area contributed by atoms with Crippen LogP contribution in [0.15, 0.2) is 22.7 Å². The second-order valence-corrected chi connectivity index (χ2v) is 10.1. The molecule has 8 heteroatoms. The molecule has 0 aliphatic heterocycles. The number of anilines is 3. The van der Waals surface area contributed by atoms with E-state index in [0.29, 0.717) is 6.04 Å². The van der Waals surface area contributed by atoms with Gasteiger partial charge in [-0.3, -0.25) is 0 Å². The molecule has 0 radical (unpaired) electrons. The maximum atomic E-state index is 12.5. The number of fused-ring (bicyclic) bond motifs is 1. The van der Waals surface area contributed by atoms with Gasteiger partial charge in [0.1, 0.15) is 5.82 Å². The van der Waals surface area contributed by atoms with Crippen LogP contribution in [0.25, 0.3) is 0 Å². The van der Waals surface area contributed by atoms with Crippen LogP contribution in [0, 0.1) is 6.92 Å². The summed E-state index contributed by atoms with van der Waals surface area (Å²) in [6.07, 6.45) is 8.38. The zero-order valence-corrected chi connectivity index (χ0v) is 20.8. The summed E-state index contributed by atoms with van der Waals surface area (Å²) in [5.74, 6) is 1.79. The first-order chi connectivity index (χ1) is 15.4. The van der Waals surface area contributed by atoms with Gasteiger partial charge in [0, 0.05) is 41.9 Å². The standard InChI is InChI=1S/C24H33BrN6O/c1-15-14-16(25)8-13-20(15)29-24(32)27-18-11-9-17(10-12-18)26-23-28-21-7-5-4-6-19(21)22(30-23)31(2)3/h8,13-14,17-18H,4-7,9-12H2,1-3H3,(H,26,28,30)(H2,27,29,32). The molecule has 1 aromatic heterocycles. The van der Waals surface area contributed by atoms with Gasteiger partial charge in [-0.05, 0) is 82.1 Å². The lowest BCUT2D eigenvalue weighted by Crippen LogP contribution is -2.42. The van der Waals surface area contributed by atoms with Crippen molar-refractivity contribution in [3.8, 4) is 0 Å². The van der Waals surface area contributed by atoms with E-state index in [4.69, 9.17) is 9.97 Å². The Hall–Kier alpha value is -2.35. The van der Waals surface area contributed by atoms with Gasteiger partial charge in [-0.15, -0.1) is 0 Å². The normalized spacial score (nSPS) is 20.2. The zero-order chi connectivity index (χ0) is 22.7. The van der Waals surface area contributed by atoms with Crippen molar-refractivity contribution in [1.82, 2.24) is 15.3 Å². The molecule has 32 heavy (non-hydrogen) atoms. The predicted molar refractivity (Wildman–Crippen MR) is 134 cm³/mol. The summed E-state index contributed by atoms with van der Waals surface area (Å²) in [7, 11) is 4.11. The number of nitrogens with one attached hydrogen (secondary N) is 3. The van der Waals surface area contributed by atoms with E-state index in [9.17, 15) is 4.79 Å². The summed E-state index contributed by atoms with van der Waals surface area (Å²) in [6.45, 7) is 1.99. The van der Waals surface area contributed by atoms with Crippen molar-refractivity contribution in [2.75, 3.05) is 29.6 Å². The molecule has 2 amide bonds. The van der Waals surface area contributed by atoms with E-state index in [1.165, 1.54) is 24.1 Å². The molecule has 2 aromatic rings. The molecule has 1 fully saturated rings. The minimum atomic E-state index is -0.138. The van der Waals surface area contributed by atoms with Crippen LogP contribution in [0.2, 0.25) is 0 Å². The molecular weight excluding hydrogens is 468 g/mol. The number of rotatable bonds is 5. The van der Waals surface area contributed by atoms with Crippen LogP contribution >= 0.6 is 15.9 Å². The van der Waals surface area contributed by atoms with Crippen molar-refractivity contribution in [1.29, 1.82) is 0 Å². The molecule has 0 unspecified atom stereocenters. The van der Waals surface area contributed by atoms with Gasteiger partial charge >= 0.3 is 6.03 Å². The van der Waals surface area contributed by atoms with Crippen LogP contribution in [0.4, 0.5) is 22.2 Å². The number of benzene rings is 1. The summed E-state index contributed by atoms with van der Waals surface area (Å²) in [6, 6.07) is 6.23. The van der Waals surface area contributed by atoms with Gasteiger partial charge in [-0.2, -0.15) is 4.98 Å². The summed E-state index contributed by atoms with van der Waals surface area (Å²) >= 11 is 3.45. The first-order valence-electron chi connectivity index (χ1n) is 11.6. The number of nitrogens with zero attached hydrogens (tertiary/aromatic N) is 3. The number of carbonyl (C=O) groups is 1. The first-order valence-corrected chi connectivity index (χ1v) is 12.4. The van der Waals surface area contributed by atoms with E-state index < -0.39 is 0 Å². The number of urea groups is 1. The minimum absolute atomic E-state index is 0.138. The highest BCUT2D eigenvalue weighted by Gasteiger charge is 2.25. The monoisotopic (exact) mass is 500 g/mol. The van der Waals surface area contributed by atoms with Crippen molar-refractivity contribution in [3.05, 3.63) is 39.5 Å². The van der Waals surface area contributed by atoms with Gasteiger partial charge < -0.3 is 20.9 Å². The van der Waals surface area contributed by atoms with Crippen LogP contribution in [0.1, 0.15) is 55.3 Å². The number of carbonyl (C=O) groups excluding carboxylic acids is 1. The Balaban J connectivity index is 1.30. The third-order valence-electron chi connectivity index (χ3n) is 6.42. The fraction of sp³-hybridized carbons (Fsp3) is 0.542. The molecule has 172 valence electrons. The van der Waals surface area contributed by atoms with Gasteiger partial charge in [-0.1, -0.05) is 15.9 Å². The van der Waals surface area contributed by atoms with Gasteiger partial charge in [0.2, 0.25) is 5.95 Å². The Morgan fingerprint density at radius 3 is 2.50 bits per heavy atom. The first kappa shape index (κ1) is 22.8. The molecule has 1 heterocycles. The molecule has 0 bridgehead atoms. The predicted octanol–water partition coefficient (Wildman–Crippen LogP) is 5.04. The highest BCUT2D eigenvalue weighted by molar-refractivity contribution is 9.10. The molecule has 1 saturated carbocycles. The molecule has 2 aliphatic rings. The maximum Gasteiger partial charge on any atom is 0.319 e. The lowest BCUT2D eigenvalue weighted by molar-refractivity contribution is 0.243. The summed E-state index contributed by atoms with van der Waals surface area (Å²) in [4.78, 5) is 24.2. The van der Waals surface area contributed by atoms with E-state index in [2.05, 4.69) is 50.9 Å².